The van der Waals surface area contributed by atoms with E-state index in [-0.39, 0.29) is 0 Å². The number of tetrazole rings is 1. The Hall–Kier alpha value is -2.24. The van der Waals surface area contributed by atoms with Crippen LogP contribution in [0.1, 0.15) is 42.6 Å². The highest BCUT2D eigenvalue weighted by Gasteiger charge is 2.31. The smallest absolute Gasteiger partial charge is 0.328 e. The Morgan fingerprint density at radius 3 is 2.70 bits per heavy atom. The van der Waals surface area contributed by atoms with Gasteiger partial charge in [0.15, 0.2) is 11.9 Å². The fourth-order valence-electron chi connectivity index (χ4n) is 2.47. The average Bonchev–Trinajstić information content (AvgIpc) is 2.83. The molecule has 1 heterocycles. The van der Waals surface area contributed by atoms with E-state index in [1.54, 1.807) is 0 Å². The SMILES string of the molecule is O=C(O)C(Cc1ccccc1)n1nnnc1C1CCC1. The summed E-state index contributed by atoms with van der Waals surface area (Å²) in [5.74, 6) is 0.115. The molecular weight excluding hydrogens is 256 g/mol. The Labute approximate surface area is 116 Å². The minimum absolute atomic E-state index is 0.308. The molecule has 1 saturated carbocycles. The summed E-state index contributed by atoms with van der Waals surface area (Å²) in [6, 6.07) is 8.81. The van der Waals surface area contributed by atoms with Crippen LogP contribution in [-0.4, -0.2) is 31.3 Å². The normalized spacial score (nSPS) is 16.6. The van der Waals surface area contributed by atoms with Gasteiger partial charge in [0.1, 0.15) is 0 Å². The number of nitrogens with zero attached hydrogens (tertiary/aromatic N) is 4. The summed E-state index contributed by atoms with van der Waals surface area (Å²) in [4.78, 5) is 11.6. The van der Waals surface area contributed by atoms with Crippen LogP contribution in [0.3, 0.4) is 0 Å². The number of carboxylic acid groups (broad SMARTS) is 1. The summed E-state index contributed by atoms with van der Waals surface area (Å²) in [7, 11) is 0. The lowest BCUT2D eigenvalue weighted by Gasteiger charge is -2.25. The molecule has 0 aliphatic heterocycles. The molecule has 1 fully saturated rings. The zero-order valence-electron chi connectivity index (χ0n) is 11.0. The Kier molecular flexibility index (Phi) is 3.45. The standard InChI is InChI=1S/C14H16N4O2/c19-14(20)12(9-10-5-2-1-3-6-10)18-13(15-16-17-18)11-7-4-8-11/h1-3,5-6,11-12H,4,7-9H2,(H,19,20). The van der Waals surface area contributed by atoms with Gasteiger partial charge in [-0.25, -0.2) is 9.48 Å². The Morgan fingerprint density at radius 1 is 1.35 bits per heavy atom. The predicted molar refractivity (Wildman–Crippen MR) is 71.2 cm³/mol. The molecule has 3 rings (SSSR count). The van der Waals surface area contributed by atoms with Gasteiger partial charge in [0.25, 0.3) is 0 Å². The first kappa shape index (κ1) is 12.8. The molecule has 1 aromatic carbocycles. The maximum Gasteiger partial charge on any atom is 0.328 e. The van der Waals surface area contributed by atoms with Crippen LogP contribution in [0.5, 0.6) is 0 Å². The Balaban J connectivity index is 1.87. The van der Waals surface area contributed by atoms with Gasteiger partial charge in [0, 0.05) is 12.3 Å². The lowest BCUT2D eigenvalue weighted by molar-refractivity contribution is -0.141. The van der Waals surface area contributed by atoms with Crippen molar-refractivity contribution in [2.24, 2.45) is 0 Å². The van der Waals surface area contributed by atoms with E-state index in [1.807, 2.05) is 30.3 Å². The van der Waals surface area contributed by atoms with Crippen LogP contribution in [0.25, 0.3) is 0 Å². The van der Waals surface area contributed by atoms with Crippen molar-refractivity contribution in [3.8, 4) is 0 Å². The molecule has 6 heteroatoms. The summed E-state index contributed by atoms with van der Waals surface area (Å²) < 4.78 is 1.49. The molecule has 104 valence electrons. The van der Waals surface area contributed by atoms with Crippen molar-refractivity contribution < 1.29 is 9.90 Å². The van der Waals surface area contributed by atoms with Crippen molar-refractivity contribution in [3.63, 3.8) is 0 Å². The topological polar surface area (TPSA) is 80.9 Å². The van der Waals surface area contributed by atoms with Gasteiger partial charge in [-0.1, -0.05) is 36.8 Å². The number of benzene rings is 1. The van der Waals surface area contributed by atoms with Crippen LogP contribution in [0, 0.1) is 0 Å². The highest BCUT2D eigenvalue weighted by atomic mass is 16.4. The van der Waals surface area contributed by atoms with Crippen molar-refractivity contribution in [1.82, 2.24) is 20.2 Å². The summed E-state index contributed by atoms with van der Waals surface area (Å²) in [6.45, 7) is 0. The number of aromatic nitrogens is 4. The maximum atomic E-state index is 11.6. The molecule has 1 N–H and O–H groups in total. The molecule has 1 aromatic heterocycles. The van der Waals surface area contributed by atoms with Gasteiger partial charge < -0.3 is 5.11 Å². The van der Waals surface area contributed by atoms with E-state index in [2.05, 4.69) is 15.5 Å². The van der Waals surface area contributed by atoms with Crippen LogP contribution in [0.2, 0.25) is 0 Å². The van der Waals surface area contributed by atoms with Gasteiger partial charge in [-0.15, -0.1) is 5.10 Å². The quantitative estimate of drug-likeness (QED) is 0.897. The first-order valence-corrected chi connectivity index (χ1v) is 6.80. The number of hydrogen-bond acceptors (Lipinski definition) is 4. The van der Waals surface area contributed by atoms with E-state index < -0.39 is 12.0 Å². The average molecular weight is 272 g/mol. The summed E-state index contributed by atoms with van der Waals surface area (Å²) >= 11 is 0. The van der Waals surface area contributed by atoms with Crippen LogP contribution in [0.4, 0.5) is 0 Å². The van der Waals surface area contributed by atoms with Crippen LogP contribution in [-0.2, 0) is 11.2 Å². The highest BCUT2D eigenvalue weighted by Crippen LogP contribution is 2.35. The van der Waals surface area contributed by atoms with Crippen molar-refractivity contribution in [2.45, 2.75) is 37.6 Å². The Morgan fingerprint density at radius 2 is 2.10 bits per heavy atom. The molecule has 0 bridgehead atoms. The molecule has 1 aliphatic carbocycles. The van der Waals surface area contributed by atoms with Gasteiger partial charge in [-0.3, -0.25) is 0 Å². The molecule has 2 aromatic rings. The third-order valence-corrected chi connectivity index (χ3v) is 3.84. The summed E-state index contributed by atoms with van der Waals surface area (Å²) in [5, 5.41) is 21.1. The predicted octanol–water partition coefficient (Wildman–Crippen LogP) is 1.81. The van der Waals surface area contributed by atoms with Gasteiger partial charge in [-0.2, -0.15) is 0 Å². The molecule has 1 unspecified atom stereocenters. The van der Waals surface area contributed by atoms with Gasteiger partial charge in [0.05, 0.1) is 0 Å². The molecule has 0 radical (unpaired) electrons. The lowest BCUT2D eigenvalue weighted by atomic mass is 9.84. The van der Waals surface area contributed by atoms with Gasteiger partial charge >= 0.3 is 5.97 Å². The minimum Gasteiger partial charge on any atom is -0.480 e. The number of hydrogen-bond donors (Lipinski definition) is 1. The monoisotopic (exact) mass is 272 g/mol. The summed E-state index contributed by atoms with van der Waals surface area (Å²) in [5.41, 5.74) is 0.968. The molecule has 6 nitrogen and oxygen atoms in total. The van der Waals surface area contributed by atoms with Crippen molar-refractivity contribution in [1.29, 1.82) is 0 Å². The zero-order valence-corrected chi connectivity index (χ0v) is 11.0. The number of rotatable bonds is 5. The first-order valence-electron chi connectivity index (χ1n) is 6.80. The largest absolute Gasteiger partial charge is 0.480 e. The second-order valence-electron chi connectivity index (χ2n) is 5.15. The lowest BCUT2D eigenvalue weighted by Crippen LogP contribution is -2.27. The molecular formula is C14H16N4O2. The first-order chi connectivity index (χ1) is 9.75. The zero-order chi connectivity index (χ0) is 13.9. The van der Waals surface area contributed by atoms with Gasteiger partial charge in [-0.05, 0) is 28.8 Å². The Bertz CT molecular complexity index is 592. The van der Waals surface area contributed by atoms with Gasteiger partial charge in [0.2, 0.25) is 0 Å². The van der Waals surface area contributed by atoms with E-state index in [9.17, 15) is 9.90 Å². The molecule has 20 heavy (non-hydrogen) atoms. The second-order valence-corrected chi connectivity index (χ2v) is 5.15. The molecule has 0 spiro atoms. The van der Waals surface area contributed by atoms with Crippen LogP contribution >= 0.6 is 0 Å². The molecule has 0 saturated heterocycles. The number of carbonyl (C=O) groups is 1. The second kappa shape index (κ2) is 5.40. The van der Waals surface area contributed by atoms with Crippen molar-refractivity contribution >= 4 is 5.97 Å². The third-order valence-electron chi connectivity index (χ3n) is 3.84. The fourth-order valence-corrected chi connectivity index (χ4v) is 2.47. The minimum atomic E-state index is -0.901. The summed E-state index contributed by atoms with van der Waals surface area (Å²) in [6.07, 6.45) is 3.63. The van der Waals surface area contributed by atoms with E-state index in [0.29, 0.717) is 18.2 Å². The van der Waals surface area contributed by atoms with E-state index in [4.69, 9.17) is 0 Å². The molecule has 1 aliphatic rings. The number of carboxylic acids is 1. The van der Waals surface area contributed by atoms with Crippen LogP contribution in [0.15, 0.2) is 30.3 Å². The highest BCUT2D eigenvalue weighted by molar-refractivity contribution is 5.72. The number of aliphatic carboxylic acids is 1. The van der Waals surface area contributed by atoms with Crippen molar-refractivity contribution in [3.05, 3.63) is 41.7 Å². The fraction of sp³-hybridized carbons (Fsp3) is 0.429. The molecule has 0 amide bonds. The van der Waals surface area contributed by atoms with E-state index in [1.165, 1.54) is 4.68 Å². The molecule has 1 atom stereocenters. The van der Waals surface area contributed by atoms with E-state index >= 15 is 0 Å². The van der Waals surface area contributed by atoms with E-state index in [0.717, 1.165) is 24.8 Å². The maximum absolute atomic E-state index is 11.6. The van der Waals surface area contributed by atoms with Crippen LogP contribution < -0.4 is 0 Å². The van der Waals surface area contributed by atoms with Crippen molar-refractivity contribution in [2.75, 3.05) is 0 Å². The third kappa shape index (κ3) is 2.41.